The minimum absolute atomic E-state index is 0.266. The highest BCUT2D eigenvalue weighted by atomic mass is 19.1. The summed E-state index contributed by atoms with van der Waals surface area (Å²) in [5, 5.41) is 12.9. The van der Waals surface area contributed by atoms with Gasteiger partial charge in [0.05, 0.1) is 18.3 Å². The van der Waals surface area contributed by atoms with Gasteiger partial charge < -0.3 is 24.8 Å². The minimum atomic E-state index is -0.765. The molecule has 9 heteroatoms. The van der Waals surface area contributed by atoms with Crippen molar-refractivity contribution in [2.45, 2.75) is 44.9 Å². The van der Waals surface area contributed by atoms with Gasteiger partial charge in [-0.25, -0.2) is 14.2 Å². The summed E-state index contributed by atoms with van der Waals surface area (Å²) in [6.07, 6.45) is 3.10. The van der Waals surface area contributed by atoms with Crippen molar-refractivity contribution in [3.8, 4) is 0 Å². The summed E-state index contributed by atoms with van der Waals surface area (Å²) in [5.74, 6) is -0.252. The third-order valence-electron chi connectivity index (χ3n) is 6.45. The molecule has 1 aromatic heterocycles. The molecule has 0 unspecified atom stereocenters. The molecule has 5 rings (SSSR count). The fourth-order valence-corrected chi connectivity index (χ4v) is 4.85. The summed E-state index contributed by atoms with van der Waals surface area (Å²) in [6, 6.07) is 7.20. The number of halogens is 1. The summed E-state index contributed by atoms with van der Waals surface area (Å²) >= 11 is 0. The molecule has 3 aliphatic rings. The van der Waals surface area contributed by atoms with Crippen molar-refractivity contribution in [3.05, 3.63) is 65.3 Å². The van der Waals surface area contributed by atoms with E-state index in [-0.39, 0.29) is 37.0 Å². The summed E-state index contributed by atoms with van der Waals surface area (Å²) in [7, 11) is 0. The van der Waals surface area contributed by atoms with E-state index in [0.717, 1.165) is 11.1 Å². The van der Waals surface area contributed by atoms with Crippen LogP contribution in [-0.2, 0) is 19.1 Å². The van der Waals surface area contributed by atoms with Gasteiger partial charge >= 0.3 is 5.97 Å². The first-order valence-electron chi connectivity index (χ1n) is 11.5. The van der Waals surface area contributed by atoms with Crippen LogP contribution in [0.1, 0.15) is 38.3 Å². The highest BCUT2D eigenvalue weighted by Gasteiger charge is 2.40. The molecule has 4 heterocycles. The van der Waals surface area contributed by atoms with E-state index >= 15 is 0 Å². The lowest BCUT2D eigenvalue weighted by atomic mass is 9.93. The largest absolute Gasteiger partial charge is 0.482 e. The van der Waals surface area contributed by atoms with Gasteiger partial charge in [-0.1, -0.05) is 0 Å². The number of allylic oxidation sites excluding steroid dienone is 1. The average molecular weight is 480 g/mol. The van der Waals surface area contributed by atoms with Crippen molar-refractivity contribution in [1.29, 1.82) is 0 Å². The third-order valence-corrected chi connectivity index (χ3v) is 6.45. The number of aromatic nitrogens is 1. The number of rotatable bonds is 4. The van der Waals surface area contributed by atoms with E-state index in [1.165, 1.54) is 18.2 Å². The second-order valence-electron chi connectivity index (χ2n) is 9.27. The number of esters is 1. The molecule has 0 spiro atoms. The number of aliphatic hydroxyl groups excluding tert-OH is 1. The van der Waals surface area contributed by atoms with Crippen molar-refractivity contribution in [1.82, 2.24) is 4.98 Å². The molecule has 1 aromatic carbocycles. The van der Waals surface area contributed by atoms with Gasteiger partial charge in [-0.05, 0) is 57.2 Å². The number of hydrogen-bond donors (Lipinski definition) is 2. The predicted molar refractivity (Wildman–Crippen MR) is 128 cm³/mol. The zero-order valence-electron chi connectivity index (χ0n) is 19.7. The number of carbonyl (C=O) groups excluding carboxylic acids is 2. The molecule has 0 aliphatic carbocycles. The Labute approximate surface area is 202 Å². The zero-order valence-corrected chi connectivity index (χ0v) is 19.7. The molecule has 182 valence electrons. The standard InChI is InChI=1S/C26H26FN3O5/c1-4-34-25(33)20-10-16(31)13-30(20)22-8-5-14(12-28-22)18-11-21(35-26(18,2)3)23-17-9-15(27)6-7-19(17)29-24(23)32/h5-9,11-12,16,20,31H,4,10,13H2,1-3H3,(H,29,32)/t16-,20+/m1/s1. The molecule has 1 saturated heterocycles. The Bertz CT molecular complexity index is 1270. The van der Waals surface area contributed by atoms with Crippen LogP contribution in [0.2, 0.25) is 0 Å². The smallest absolute Gasteiger partial charge is 0.328 e. The van der Waals surface area contributed by atoms with Gasteiger partial charge in [-0.2, -0.15) is 0 Å². The number of aliphatic hydroxyl groups is 1. The van der Waals surface area contributed by atoms with Gasteiger partial charge in [0.1, 0.15) is 29.0 Å². The first-order chi connectivity index (χ1) is 16.7. The van der Waals surface area contributed by atoms with Crippen molar-refractivity contribution >= 4 is 34.5 Å². The number of nitrogens with zero attached hydrogens (tertiary/aromatic N) is 2. The topological polar surface area (TPSA) is 101 Å². The Morgan fingerprint density at radius 1 is 1.34 bits per heavy atom. The molecule has 0 bridgehead atoms. The molecular weight excluding hydrogens is 453 g/mol. The van der Waals surface area contributed by atoms with Crippen LogP contribution in [0.25, 0.3) is 11.1 Å². The third kappa shape index (κ3) is 4.05. The number of ether oxygens (including phenoxy) is 2. The molecule has 0 radical (unpaired) electrons. The van der Waals surface area contributed by atoms with Gasteiger partial charge in [-0.3, -0.25) is 4.79 Å². The van der Waals surface area contributed by atoms with Crippen LogP contribution in [0.15, 0.2) is 48.4 Å². The minimum Gasteiger partial charge on any atom is -0.482 e. The second-order valence-corrected chi connectivity index (χ2v) is 9.27. The highest BCUT2D eigenvalue weighted by Crippen LogP contribution is 2.44. The van der Waals surface area contributed by atoms with E-state index in [4.69, 9.17) is 9.47 Å². The average Bonchev–Trinajstić information content (AvgIpc) is 3.45. The van der Waals surface area contributed by atoms with Crippen LogP contribution in [0.3, 0.4) is 0 Å². The van der Waals surface area contributed by atoms with E-state index in [1.54, 1.807) is 30.2 Å². The normalized spacial score (nSPS) is 24.7. The van der Waals surface area contributed by atoms with Crippen molar-refractivity contribution in [2.75, 3.05) is 23.4 Å². The number of carbonyl (C=O) groups is 2. The highest BCUT2D eigenvalue weighted by molar-refractivity contribution is 6.32. The number of fused-ring (bicyclic) bond motifs is 1. The van der Waals surface area contributed by atoms with Gasteiger partial charge in [-0.15, -0.1) is 0 Å². The van der Waals surface area contributed by atoms with Gasteiger partial charge in [0.15, 0.2) is 0 Å². The first kappa shape index (κ1) is 23.0. The van der Waals surface area contributed by atoms with Gasteiger partial charge in [0.25, 0.3) is 5.91 Å². The maximum absolute atomic E-state index is 13.9. The van der Waals surface area contributed by atoms with Crippen LogP contribution in [0.4, 0.5) is 15.9 Å². The van der Waals surface area contributed by atoms with E-state index in [2.05, 4.69) is 10.3 Å². The lowest BCUT2D eigenvalue weighted by Gasteiger charge is -2.25. The van der Waals surface area contributed by atoms with Crippen LogP contribution < -0.4 is 10.2 Å². The van der Waals surface area contributed by atoms with E-state index in [1.807, 2.05) is 19.9 Å². The predicted octanol–water partition coefficient (Wildman–Crippen LogP) is 3.28. The number of pyridine rings is 1. The lowest BCUT2D eigenvalue weighted by molar-refractivity contribution is -0.144. The lowest BCUT2D eigenvalue weighted by Crippen LogP contribution is -2.37. The Balaban J connectivity index is 1.47. The van der Waals surface area contributed by atoms with Crippen molar-refractivity contribution < 1.29 is 28.6 Å². The number of β-amino-alcohol motifs (C(OH)–C–C–N with tert-alkyl or cyclic N) is 1. The maximum atomic E-state index is 13.9. The SMILES string of the molecule is CCOC(=O)[C@@H]1C[C@@H](O)CN1c1ccc(C2=CC(=C3C(=O)Nc4ccc(F)cc43)OC2(C)C)cn1. The summed E-state index contributed by atoms with van der Waals surface area (Å²) in [4.78, 5) is 31.3. The molecule has 2 N–H and O–H groups in total. The molecule has 35 heavy (non-hydrogen) atoms. The second kappa shape index (κ2) is 8.49. The molecule has 2 aromatic rings. The van der Waals surface area contributed by atoms with Crippen LogP contribution >= 0.6 is 0 Å². The molecule has 1 amide bonds. The molecule has 1 fully saturated rings. The molecule has 8 nitrogen and oxygen atoms in total. The van der Waals surface area contributed by atoms with Gasteiger partial charge in [0, 0.05) is 41.5 Å². The Morgan fingerprint density at radius 2 is 2.14 bits per heavy atom. The fraction of sp³-hybridized carbons (Fsp3) is 0.346. The molecule has 2 atom stereocenters. The Hall–Kier alpha value is -3.72. The summed E-state index contributed by atoms with van der Waals surface area (Å²) < 4.78 is 25.2. The Kier molecular flexibility index (Phi) is 5.59. The van der Waals surface area contributed by atoms with Gasteiger partial charge in [0.2, 0.25) is 0 Å². The zero-order chi connectivity index (χ0) is 24.9. The maximum Gasteiger partial charge on any atom is 0.328 e. The molecular formula is C26H26FN3O5. The number of anilines is 2. The molecule has 3 aliphatic heterocycles. The Morgan fingerprint density at radius 3 is 2.86 bits per heavy atom. The van der Waals surface area contributed by atoms with Crippen molar-refractivity contribution in [2.24, 2.45) is 0 Å². The number of benzene rings is 1. The van der Waals surface area contributed by atoms with Crippen LogP contribution in [0, 0.1) is 5.82 Å². The van der Waals surface area contributed by atoms with Crippen LogP contribution in [0.5, 0.6) is 0 Å². The summed E-state index contributed by atoms with van der Waals surface area (Å²) in [6.45, 7) is 6.06. The van der Waals surface area contributed by atoms with E-state index in [9.17, 15) is 19.1 Å². The number of nitrogens with one attached hydrogen (secondary N) is 1. The fourth-order valence-electron chi connectivity index (χ4n) is 4.85. The van der Waals surface area contributed by atoms with Crippen molar-refractivity contribution in [3.63, 3.8) is 0 Å². The summed E-state index contributed by atoms with van der Waals surface area (Å²) in [5.41, 5.74) is 2.11. The monoisotopic (exact) mass is 479 g/mol. The van der Waals surface area contributed by atoms with Crippen LogP contribution in [-0.4, -0.2) is 52.9 Å². The number of amides is 1. The number of hydrogen-bond acceptors (Lipinski definition) is 7. The first-order valence-corrected chi connectivity index (χ1v) is 11.5. The molecule has 0 saturated carbocycles. The van der Waals surface area contributed by atoms with E-state index in [0.29, 0.717) is 22.8 Å². The quantitative estimate of drug-likeness (QED) is 0.513. The van der Waals surface area contributed by atoms with E-state index < -0.39 is 23.6 Å².